The number of para-hydroxylation sites is 2. The van der Waals surface area contributed by atoms with Gasteiger partial charge in [-0.2, -0.15) is 0 Å². The Hall–Kier alpha value is -10.5. The van der Waals surface area contributed by atoms with E-state index in [1.165, 1.54) is 87.2 Å². The topological polar surface area (TPSA) is 22.9 Å². The van der Waals surface area contributed by atoms with Gasteiger partial charge in [-0.05, 0) is 171 Å². The molecule has 0 radical (unpaired) electrons. The van der Waals surface area contributed by atoms with Gasteiger partial charge in [-0.25, -0.2) is 0 Å². The third kappa shape index (κ3) is 8.03. The smallest absolute Gasteiger partial charge is 0.137 e. The summed E-state index contributed by atoms with van der Waals surface area (Å²) in [5.41, 5.74) is 25.3. The molecule has 408 valence electrons. The lowest BCUT2D eigenvalue weighted by Crippen LogP contribution is -2.17. The SMILES string of the molecule is CC1(C)c2ccccc2-c2ccc(N(c3ccc(-c4ccccc4)cc3)c3cc(-c4cc5c(c6sc7ccccc7c46)N(c4ccc6c(c4)oc4ccccc46)C4=CC=CCC45)cc(N(c4ccccc4)c4ccc(-c5ccccc5)cc4)c3)cc21. The number of hydrogen-bond donors (Lipinski definition) is 0. The molecule has 0 saturated heterocycles. The molecular formula is C81H57N3OS. The lowest BCUT2D eigenvalue weighted by Gasteiger charge is -2.31. The maximum absolute atomic E-state index is 6.61. The molecule has 17 rings (SSSR count). The van der Waals surface area contributed by atoms with Crippen LogP contribution in [0.3, 0.4) is 0 Å². The summed E-state index contributed by atoms with van der Waals surface area (Å²) in [6, 6.07) is 101. The van der Waals surface area contributed by atoms with Gasteiger partial charge in [-0.3, -0.25) is 0 Å². The van der Waals surface area contributed by atoms with E-state index in [1.807, 2.05) is 11.3 Å². The minimum atomic E-state index is -0.211. The Morgan fingerprint density at radius 2 is 1.00 bits per heavy atom. The largest absolute Gasteiger partial charge is 0.456 e. The summed E-state index contributed by atoms with van der Waals surface area (Å²) >= 11 is 1.91. The molecule has 1 atom stereocenters. The molecule has 0 N–H and O–H groups in total. The predicted octanol–water partition coefficient (Wildman–Crippen LogP) is 23.3. The summed E-state index contributed by atoms with van der Waals surface area (Å²) in [6.07, 6.45) is 7.82. The molecule has 0 amide bonds. The van der Waals surface area contributed by atoms with Crippen LogP contribution in [0.1, 0.15) is 42.9 Å². The van der Waals surface area contributed by atoms with E-state index in [-0.39, 0.29) is 11.3 Å². The zero-order valence-corrected chi connectivity index (χ0v) is 48.5. The fourth-order valence-corrected chi connectivity index (χ4v) is 15.5. The first-order chi connectivity index (χ1) is 42.4. The van der Waals surface area contributed by atoms with Crippen molar-refractivity contribution >= 4 is 98.9 Å². The van der Waals surface area contributed by atoms with Gasteiger partial charge < -0.3 is 19.1 Å². The monoisotopic (exact) mass is 1120 g/mol. The van der Waals surface area contributed by atoms with Gasteiger partial charge in [-0.15, -0.1) is 11.3 Å². The van der Waals surface area contributed by atoms with Crippen molar-refractivity contribution in [3.63, 3.8) is 0 Å². The number of rotatable bonds is 10. The van der Waals surface area contributed by atoms with Gasteiger partial charge in [-0.1, -0.05) is 196 Å². The first-order valence-electron chi connectivity index (χ1n) is 29.8. The number of furan rings is 1. The highest BCUT2D eigenvalue weighted by Gasteiger charge is 2.39. The zero-order chi connectivity index (χ0) is 57.0. The third-order valence-electron chi connectivity index (χ3n) is 18.3. The van der Waals surface area contributed by atoms with Crippen molar-refractivity contribution in [2.45, 2.75) is 31.6 Å². The van der Waals surface area contributed by atoms with E-state index in [9.17, 15) is 0 Å². The van der Waals surface area contributed by atoms with Crippen LogP contribution in [0.4, 0.5) is 45.5 Å². The Balaban J connectivity index is 0.933. The summed E-state index contributed by atoms with van der Waals surface area (Å²) in [5.74, 6) is 0.139. The van der Waals surface area contributed by atoms with Crippen molar-refractivity contribution in [2.24, 2.45) is 0 Å². The number of nitrogens with zero attached hydrogens (tertiary/aromatic N) is 3. The van der Waals surface area contributed by atoms with E-state index in [1.54, 1.807) is 0 Å². The number of benzene rings is 12. The Morgan fingerprint density at radius 1 is 0.430 bits per heavy atom. The molecule has 14 aromatic rings. The Labute approximate surface area is 504 Å². The molecule has 2 aromatic heterocycles. The van der Waals surface area contributed by atoms with E-state index in [0.717, 1.165) is 73.7 Å². The summed E-state index contributed by atoms with van der Waals surface area (Å²) in [5, 5.41) is 4.76. The summed E-state index contributed by atoms with van der Waals surface area (Å²) in [7, 11) is 0. The van der Waals surface area contributed by atoms with Crippen LogP contribution in [0.5, 0.6) is 0 Å². The predicted molar refractivity (Wildman–Crippen MR) is 363 cm³/mol. The second-order valence-corrected chi connectivity index (χ2v) is 24.6. The van der Waals surface area contributed by atoms with Crippen molar-refractivity contribution in [1.29, 1.82) is 0 Å². The second kappa shape index (κ2) is 19.8. The van der Waals surface area contributed by atoms with Crippen LogP contribution in [0, 0.1) is 0 Å². The molecule has 3 heterocycles. The van der Waals surface area contributed by atoms with Crippen LogP contribution >= 0.6 is 11.3 Å². The van der Waals surface area contributed by atoms with Gasteiger partial charge >= 0.3 is 0 Å². The maximum atomic E-state index is 6.61. The molecule has 5 heteroatoms. The number of fused-ring (bicyclic) bond motifs is 13. The van der Waals surface area contributed by atoms with Gasteiger partial charge in [0.05, 0.1) is 10.4 Å². The average Bonchev–Trinajstić information content (AvgIpc) is 1.93. The van der Waals surface area contributed by atoms with Crippen LogP contribution in [0.2, 0.25) is 0 Å². The van der Waals surface area contributed by atoms with Crippen molar-refractivity contribution in [1.82, 2.24) is 0 Å². The summed E-state index contributed by atoms with van der Waals surface area (Å²) in [4.78, 5) is 7.49. The fourth-order valence-electron chi connectivity index (χ4n) is 14.2. The first-order valence-corrected chi connectivity index (χ1v) is 30.6. The second-order valence-electron chi connectivity index (χ2n) is 23.6. The quantitative estimate of drug-likeness (QED) is 0.136. The highest BCUT2D eigenvalue weighted by molar-refractivity contribution is 7.26. The standard InChI is InChI=1S/C81H57N3OS/c1-81(2)72-30-16-12-26-64(72)65-44-42-60(49-73(65)81)83(59-40-36-55(37-41-59)53-22-8-4-9-23-53)63-47-56(46-62(48-63)82(57-24-10-5-11-25-57)58-38-34-54(35-39-58)52-20-6-3-7-21-52)70-51-71-66-27-13-17-31-74(66)84(79(71)80-78(70)69-29-15-19-33-77(69)86-80)61-43-45-68-67-28-14-18-32-75(67)85-76(68)50-61/h3-26,28-51,66H,27H2,1-2H3. The van der Waals surface area contributed by atoms with Crippen LogP contribution in [0.25, 0.3) is 86.6 Å². The van der Waals surface area contributed by atoms with E-state index >= 15 is 0 Å². The molecule has 2 aliphatic carbocycles. The molecule has 3 aliphatic rings. The van der Waals surface area contributed by atoms with E-state index < -0.39 is 0 Å². The third-order valence-corrected chi connectivity index (χ3v) is 19.5. The Kier molecular flexibility index (Phi) is 11.6. The molecule has 1 unspecified atom stereocenters. The minimum absolute atomic E-state index is 0.139. The molecule has 0 saturated carbocycles. The van der Waals surface area contributed by atoms with Crippen LogP contribution in [-0.2, 0) is 5.41 Å². The number of thiophene rings is 1. The lowest BCUT2D eigenvalue weighted by molar-refractivity contribution is 0.660. The molecule has 0 spiro atoms. The van der Waals surface area contributed by atoms with Crippen molar-refractivity contribution in [3.05, 3.63) is 314 Å². The molecule has 4 nitrogen and oxygen atoms in total. The van der Waals surface area contributed by atoms with Crippen molar-refractivity contribution < 1.29 is 4.42 Å². The zero-order valence-electron chi connectivity index (χ0n) is 47.7. The normalized spacial score (nSPS) is 14.6. The summed E-state index contributed by atoms with van der Waals surface area (Å²) < 4.78 is 9.14. The average molecular weight is 1120 g/mol. The van der Waals surface area contributed by atoms with Crippen LogP contribution in [0.15, 0.2) is 301 Å². The van der Waals surface area contributed by atoms with Crippen LogP contribution in [-0.4, -0.2) is 0 Å². The number of anilines is 8. The molecule has 0 bridgehead atoms. The maximum Gasteiger partial charge on any atom is 0.137 e. The molecule has 1 aliphatic heterocycles. The Bertz CT molecular complexity index is 5050. The van der Waals surface area contributed by atoms with Crippen molar-refractivity contribution in [3.8, 4) is 44.5 Å². The number of hydrogen-bond acceptors (Lipinski definition) is 5. The van der Waals surface area contributed by atoms with E-state index in [2.05, 4.69) is 320 Å². The van der Waals surface area contributed by atoms with Gasteiger partial charge in [0.2, 0.25) is 0 Å². The number of allylic oxidation sites excluding steroid dienone is 4. The van der Waals surface area contributed by atoms with Gasteiger partial charge in [0.1, 0.15) is 11.2 Å². The molecule has 86 heavy (non-hydrogen) atoms. The highest BCUT2D eigenvalue weighted by Crippen LogP contribution is 2.59. The fraction of sp³-hybridized carbons (Fsp3) is 0.0617. The summed E-state index contributed by atoms with van der Waals surface area (Å²) in [6.45, 7) is 4.76. The van der Waals surface area contributed by atoms with Crippen molar-refractivity contribution in [2.75, 3.05) is 14.7 Å². The first kappa shape index (κ1) is 50.1. The molecule has 12 aromatic carbocycles. The van der Waals surface area contributed by atoms with E-state index in [4.69, 9.17) is 4.42 Å². The Morgan fingerprint density at radius 3 is 1.72 bits per heavy atom. The van der Waals surface area contributed by atoms with Crippen LogP contribution < -0.4 is 14.7 Å². The van der Waals surface area contributed by atoms with Gasteiger partial charge in [0.25, 0.3) is 0 Å². The highest BCUT2D eigenvalue weighted by atomic mass is 32.1. The molecular weight excluding hydrogens is 1060 g/mol. The molecule has 0 fully saturated rings. The van der Waals surface area contributed by atoms with Gasteiger partial charge in [0.15, 0.2) is 0 Å². The van der Waals surface area contributed by atoms with Gasteiger partial charge in [0, 0.05) is 89.2 Å². The minimum Gasteiger partial charge on any atom is -0.456 e. The van der Waals surface area contributed by atoms with E-state index in [0.29, 0.717) is 0 Å². The lowest BCUT2D eigenvalue weighted by atomic mass is 9.82.